The zero-order valence-corrected chi connectivity index (χ0v) is 16.0. The van der Waals surface area contributed by atoms with Crippen LogP contribution in [0.15, 0.2) is 0 Å². The van der Waals surface area contributed by atoms with Gasteiger partial charge in [0.1, 0.15) is 5.54 Å². The molecule has 2 saturated carbocycles. The maximum Gasteiger partial charge on any atom is 0.262 e. The predicted molar refractivity (Wildman–Crippen MR) is 93.7 cm³/mol. The van der Waals surface area contributed by atoms with Crippen LogP contribution >= 0.6 is 22.6 Å². The summed E-state index contributed by atoms with van der Waals surface area (Å²) in [7, 11) is -3.59. The van der Waals surface area contributed by atoms with Gasteiger partial charge in [0.05, 0.1) is 11.3 Å². The van der Waals surface area contributed by atoms with Crippen LogP contribution in [0.1, 0.15) is 39.0 Å². The molecule has 130 valence electrons. The third kappa shape index (κ3) is 3.11. The summed E-state index contributed by atoms with van der Waals surface area (Å²) in [5.41, 5.74) is -1.06. The van der Waals surface area contributed by atoms with Crippen molar-refractivity contribution in [1.82, 2.24) is 14.9 Å². The molecule has 0 radical (unpaired) electrons. The smallest absolute Gasteiger partial charge is 0.262 e. The second-order valence-corrected chi connectivity index (χ2v) is 10.1. The minimum absolute atomic E-state index is 0.0681. The molecule has 3 atom stereocenters. The first-order valence-corrected chi connectivity index (χ1v) is 10.8. The number of nitrogens with zero attached hydrogens (tertiary/aromatic N) is 1. The molecule has 3 fully saturated rings. The number of sulfonamides is 1. The number of likely N-dealkylation sites (N-methyl/N-ethyl adjacent to an activating group) is 1. The Kier molecular flexibility index (Phi) is 4.65. The Labute approximate surface area is 150 Å². The Bertz CT molecular complexity index is 616. The number of amides is 2. The topological polar surface area (TPSA) is 95.6 Å². The number of rotatable bonds is 6. The van der Waals surface area contributed by atoms with Gasteiger partial charge < -0.3 is 10.6 Å². The van der Waals surface area contributed by atoms with Crippen molar-refractivity contribution in [3.8, 4) is 0 Å². The standard InChI is InChI=1S/C14H22IN3O4S/c1-2-18(23(21,22)9-5-6-9)13(20)14(8-11(14)15)17-12(19)10-4-3-7-16-10/h9-11,16H,2-8H2,1H3,(H,17,19)/t10-,11+,14+/m0/s1. The highest BCUT2D eigenvalue weighted by molar-refractivity contribution is 14.1. The molecular weight excluding hydrogens is 433 g/mol. The van der Waals surface area contributed by atoms with Gasteiger partial charge in [0.25, 0.3) is 5.91 Å². The van der Waals surface area contributed by atoms with E-state index in [4.69, 9.17) is 0 Å². The number of nitrogens with one attached hydrogen (secondary N) is 2. The summed E-state index contributed by atoms with van der Waals surface area (Å²) in [6.07, 6.45) is 3.40. The fourth-order valence-electron chi connectivity index (χ4n) is 3.05. The quantitative estimate of drug-likeness (QED) is 0.439. The highest BCUT2D eigenvalue weighted by atomic mass is 127. The van der Waals surface area contributed by atoms with Crippen molar-refractivity contribution in [3.05, 3.63) is 0 Å². The van der Waals surface area contributed by atoms with E-state index in [1.165, 1.54) is 0 Å². The summed E-state index contributed by atoms with van der Waals surface area (Å²) in [6.45, 7) is 2.57. The lowest BCUT2D eigenvalue weighted by molar-refractivity contribution is -0.134. The van der Waals surface area contributed by atoms with Crippen LogP contribution in [-0.2, 0) is 19.6 Å². The summed E-state index contributed by atoms with van der Waals surface area (Å²) in [6, 6.07) is -0.279. The molecule has 9 heteroatoms. The van der Waals surface area contributed by atoms with Crippen LogP contribution in [-0.4, -0.2) is 58.4 Å². The average Bonchev–Trinajstić information content (AvgIpc) is 3.38. The molecule has 2 amide bonds. The van der Waals surface area contributed by atoms with Gasteiger partial charge in [-0.05, 0) is 45.6 Å². The lowest BCUT2D eigenvalue weighted by atomic mass is 10.1. The number of alkyl halides is 1. The Hall–Kier alpha value is -0.420. The fraction of sp³-hybridized carbons (Fsp3) is 0.857. The summed E-state index contributed by atoms with van der Waals surface area (Å²) in [4.78, 5) is 25.3. The van der Waals surface area contributed by atoms with Crippen molar-refractivity contribution >= 4 is 44.4 Å². The summed E-state index contributed by atoms with van der Waals surface area (Å²) >= 11 is 2.11. The van der Waals surface area contributed by atoms with Crippen molar-refractivity contribution in [2.75, 3.05) is 13.1 Å². The molecule has 1 saturated heterocycles. The molecule has 3 aliphatic rings. The normalized spacial score (nSPS) is 33.3. The average molecular weight is 455 g/mol. The molecule has 0 aromatic heterocycles. The molecule has 0 bridgehead atoms. The largest absolute Gasteiger partial charge is 0.339 e. The first-order valence-electron chi connectivity index (χ1n) is 8.08. The predicted octanol–water partition coefficient (Wildman–Crippen LogP) is 0.141. The minimum Gasteiger partial charge on any atom is -0.339 e. The van der Waals surface area contributed by atoms with Crippen molar-refractivity contribution in [1.29, 1.82) is 0 Å². The van der Waals surface area contributed by atoms with E-state index < -0.39 is 26.7 Å². The molecule has 1 aliphatic heterocycles. The molecule has 0 unspecified atom stereocenters. The SMILES string of the molecule is CCN(C(=O)[C@@]1(NC(=O)[C@@H]2CCCN2)C[C@H]1I)S(=O)(=O)C1CC1. The molecule has 0 spiro atoms. The maximum atomic E-state index is 12.9. The van der Waals surface area contributed by atoms with Crippen molar-refractivity contribution in [2.45, 2.75) is 59.8 Å². The Balaban J connectivity index is 1.76. The first-order chi connectivity index (χ1) is 10.8. The van der Waals surface area contributed by atoms with Gasteiger partial charge in [0, 0.05) is 10.5 Å². The zero-order valence-electron chi connectivity index (χ0n) is 13.0. The highest BCUT2D eigenvalue weighted by Gasteiger charge is 2.63. The lowest BCUT2D eigenvalue weighted by Crippen LogP contribution is -2.57. The van der Waals surface area contributed by atoms with Gasteiger partial charge in [0.15, 0.2) is 0 Å². The molecule has 0 aromatic carbocycles. The number of carbonyl (C=O) groups excluding carboxylic acids is 2. The third-order valence-corrected chi connectivity index (χ3v) is 8.60. The van der Waals surface area contributed by atoms with Crippen molar-refractivity contribution in [3.63, 3.8) is 0 Å². The highest BCUT2D eigenvalue weighted by Crippen LogP contribution is 2.46. The lowest BCUT2D eigenvalue weighted by Gasteiger charge is -2.27. The molecule has 0 aromatic rings. The van der Waals surface area contributed by atoms with E-state index in [1.807, 2.05) is 0 Å². The number of halogens is 1. The van der Waals surface area contributed by atoms with Gasteiger partial charge in [0.2, 0.25) is 15.9 Å². The van der Waals surface area contributed by atoms with Crippen LogP contribution in [0.3, 0.4) is 0 Å². The van der Waals surface area contributed by atoms with Crippen LogP contribution in [0.25, 0.3) is 0 Å². The molecule has 23 heavy (non-hydrogen) atoms. The fourth-order valence-corrected chi connectivity index (χ4v) is 6.01. The van der Waals surface area contributed by atoms with Crippen LogP contribution in [0.4, 0.5) is 0 Å². The van der Waals surface area contributed by atoms with Crippen LogP contribution in [0.5, 0.6) is 0 Å². The van der Waals surface area contributed by atoms with Crippen LogP contribution in [0.2, 0.25) is 0 Å². The molecule has 7 nitrogen and oxygen atoms in total. The van der Waals surface area contributed by atoms with Gasteiger partial charge in [-0.1, -0.05) is 22.6 Å². The second kappa shape index (κ2) is 6.14. The van der Waals surface area contributed by atoms with Gasteiger partial charge in [-0.2, -0.15) is 0 Å². The Morgan fingerprint density at radius 3 is 2.43 bits per heavy atom. The Morgan fingerprint density at radius 2 is 2.00 bits per heavy atom. The van der Waals surface area contributed by atoms with E-state index in [-0.39, 0.29) is 22.4 Å². The number of hydrogen-bond donors (Lipinski definition) is 2. The van der Waals surface area contributed by atoms with E-state index in [1.54, 1.807) is 6.92 Å². The van der Waals surface area contributed by atoms with Gasteiger partial charge >= 0.3 is 0 Å². The first kappa shape index (κ1) is 17.4. The van der Waals surface area contributed by atoms with E-state index in [9.17, 15) is 18.0 Å². The van der Waals surface area contributed by atoms with E-state index >= 15 is 0 Å². The van der Waals surface area contributed by atoms with Crippen LogP contribution in [0, 0.1) is 0 Å². The summed E-state index contributed by atoms with van der Waals surface area (Å²) in [5, 5.41) is 5.52. The Morgan fingerprint density at radius 1 is 1.35 bits per heavy atom. The molecular formula is C14H22IN3O4S. The molecule has 2 N–H and O–H groups in total. The van der Waals surface area contributed by atoms with Crippen LogP contribution < -0.4 is 10.6 Å². The van der Waals surface area contributed by atoms with Crippen molar-refractivity contribution in [2.24, 2.45) is 0 Å². The van der Waals surface area contributed by atoms with E-state index in [0.29, 0.717) is 19.3 Å². The molecule has 3 rings (SSSR count). The van der Waals surface area contributed by atoms with Gasteiger partial charge in [-0.15, -0.1) is 0 Å². The number of carbonyl (C=O) groups is 2. The second-order valence-electron chi connectivity index (χ2n) is 6.50. The zero-order chi connectivity index (χ0) is 16.8. The minimum atomic E-state index is -3.59. The van der Waals surface area contributed by atoms with E-state index in [0.717, 1.165) is 23.7 Å². The molecule has 2 aliphatic carbocycles. The van der Waals surface area contributed by atoms with Gasteiger partial charge in [-0.3, -0.25) is 9.59 Å². The molecule has 1 heterocycles. The van der Waals surface area contributed by atoms with Crippen molar-refractivity contribution < 1.29 is 18.0 Å². The third-order valence-electron chi connectivity index (χ3n) is 4.75. The summed E-state index contributed by atoms with van der Waals surface area (Å²) < 4.78 is 25.8. The summed E-state index contributed by atoms with van der Waals surface area (Å²) in [5.74, 6) is -0.674. The van der Waals surface area contributed by atoms with Gasteiger partial charge in [-0.25, -0.2) is 12.7 Å². The number of hydrogen-bond acceptors (Lipinski definition) is 5. The van der Waals surface area contributed by atoms with E-state index in [2.05, 4.69) is 33.2 Å². The monoisotopic (exact) mass is 455 g/mol. The maximum absolute atomic E-state index is 12.9.